The maximum absolute atomic E-state index is 12.9. The Hall–Kier alpha value is -1.89. The number of aromatic nitrogens is 2. The lowest BCUT2D eigenvalue weighted by Gasteiger charge is -2.08. The van der Waals surface area contributed by atoms with E-state index in [1.807, 2.05) is 0 Å². The minimum atomic E-state index is -0.329. The van der Waals surface area contributed by atoms with Gasteiger partial charge in [0.25, 0.3) is 0 Å². The van der Waals surface area contributed by atoms with Gasteiger partial charge in [-0.1, -0.05) is 0 Å². The zero-order valence-corrected chi connectivity index (χ0v) is 10.2. The number of anilines is 4. The van der Waals surface area contributed by atoms with Crippen LogP contribution in [0.1, 0.15) is 0 Å². The molecule has 0 saturated heterocycles. The van der Waals surface area contributed by atoms with Crippen LogP contribution in [-0.4, -0.2) is 9.97 Å². The zero-order chi connectivity index (χ0) is 12.4. The molecule has 2 aromatic rings. The normalized spacial score (nSPS) is 10.2. The molecular formula is C10H9BrFN5. The summed E-state index contributed by atoms with van der Waals surface area (Å²) in [7, 11) is 0. The number of rotatable bonds is 2. The summed E-state index contributed by atoms with van der Waals surface area (Å²) in [6.07, 6.45) is 0. The predicted octanol–water partition coefficient (Wildman–Crippen LogP) is 2.29. The predicted molar refractivity (Wildman–Crippen MR) is 68.2 cm³/mol. The first-order valence-corrected chi connectivity index (χ1v) is 5.46. The molecule has 5 nitrogen and oxygen atoms in total. The van der Waals surface area contributed by atoms with Crippen LogP contribution in [0.25, 0.3) is 0 Å². The summed E-state index contributed by atoms with van der Waals surface area (Å²) in [5.74, 6) is 0.454. The molecule has 0 aliphatic rings. The number of nitrogens with two attached hydrogens (primary N) is 2. The number of halogens is 2. The van der Waals surface area contributed by atoms with Crippen molar-refractivity contribution in [2.75, 3.05) is 16.8 Å². The van der Waals surface area contributed by atoms with E-state index in [4.69, 9.17) is 11.5 Å². The molecule has 0 bridgehead atoms. The van der Waals surface area contributed by atoms with Crippen molar-refractivity contribution in [3.8, 4) is 0 Å². The van der Waals surface area contributed by atoms with E-state index in [1.165, 1.54) is 18.2 Å². The molecule has 0 fully saturated rings. The molecule has 0 saturated carbocycles. The number of hydrogen-bond donors (Lipinski definition) is 3. The highest BCUT2D eigenvalue weighted by molar-refractivity contribution is 9.10. The molecule has 1 heterocycles. The molecule has 1 aromatic heterocycles. The van der Waals surface area contributed by atoms with Gasteiger partial charge in [-0.3, -0.25) is 0 Å². The molecule has 2 rings (SSSR count). The lowest BCUT2D eigenvalue weighted by molar-refractivity contribution is 0.627. The average molecular weight is 298 g/mol. The van der Waals surface area contributed by atoms with Crippen LogP contribution in [0.3, 0.4) is 0 Å². The Kier molecular flexibility index (Phi) is 3.10. The first kappa shape index (κ1) is 11.6. The average Bonchev–Trinajstić information content (AvgIpc) is 2.21. The second-order valence-electron chi connectivity index (χ2n) is 3.29. The summed E-state index contributed by atoms with van der Waals surface area (Å²) in [4.78, 5) is 7.70. The third-order valence-corrected chi connectivity index (χ3v) is 2.61. The van der Waals surface area contributed by atoms with Crippen molar-refractivity contribution in [1.29, 1.82) is 0 Å². The zero-order valence-electron chi connectivity index (χ0n) is 8.61. The Bertz CT molecular complexity index is 540. The maximum Gasteiger partial charge on any atom is 0.223 e. The van der Waals surface area contributed by atoms with Crippen LogP contribution < -0.4 is 16.8 Å². The number of benzene rings is 1. The van der Waals surface area contributed by atoms with Crippen LogP contribution in [0.5, 0.6) is 0 Å². The smallest absolute Gasteiger partial charge is 0.223 e. The molecule has 0 unspecified atom stereocenters. The van der Waals surface area contributed by atoms with Gasteiger partial charge in [0.05, 0.1) is 5.69 Å². The minimum Gasteiger partial charge on any atom is -0.383 e. The van der Waals surface area contributed by atoms with Crippen LogP contribution in [-0.2, 0) is 0 Å². The van der Waals surface area contributed by atoms with E-state index < -0.39 is 0 Å². The van der Waals surface area contributed by atoms with Gasteiger partial charge in [0.15, 0.2) is 0 Å². The quantitative estimate of drug-likeness (QED) is 0.791. The van der Waals surface area contributed by atoms with Crippen molar-refractivity contribution in [2.45, 2.75) is 0 Å². The van der Waals surface area contributed by atoms with Crippen molar-refractivity contribution >= 4 is 39.2 Å². The summed E-state index contributed by atoms with van der Waals surface area (Å²) in [6, 6.07) is 5.79. The van der Waals surface area contributed by atoms with Crippen molar-refractivity contribution < 1.29 is 4.39 Å². The number of nitrogens with zero attached hydrogens (tertiary/aromatic N) is 2. The lowest BCUT2D eigenvalue weighted by Crippen LogP contribution is -2.03. The van der Waals surface area contributed by atoms with Gasteiger partial charge < -0.3 is 16.8 Å². The molecule has 17 heavy (non-hydrogen) atoms. The second kappa shape index (κ2) is 4.54. The number of nitrogen functional groups attached to an aromatic ring is 2. The molecule has 1 aromatic carbocycles. The third-order valence-electron chi connectivity index (χ3n) is 1.96. The van der Waals surface area contributed by atoms with Gasteiger partial charge in [0.1, 0.15) is 17.5 Å². The van der Waals surface area contributed by atoms with E-state index in [9.17, 15) is 4.39 Å². The monoisotopic (exact) mass is 297 g/mol. The molecule has 7 heteroatoms. The topological polar surface area (TPSA) is 89.8 Å². The molecule has 0 aliphatic carbocycles. The molecule has 5 N–H and O–H groups in total. The van der Waals surface area contributed by atoms with Gasteiger partial charge in [0, 0.05) is 10.5 Å². The van der Waals surface area contributed by atoms with Crippen molar-refractivity contribution in [2.24, 2.45) is 0 Å². The maximum atomic E-state index is 12.9. The number of hydrogen-bond acceptors (Lipinski definition) is 5. The molecule has 0 radical (unpaired) electrons. The Morgan fingerprint density at radius 3 is 2.59 bits per heavy atom. The van der Waals surface area contributed by atoms with Crippen LogP contribution in [0.4, 0.5) is 27.7 Å². The third kappa shape index (κ3) is 2.82. The van der Waals surface area contributed by atoms with Gasteiger partial charge in [-0.05, 0) is 34.1 Å². The van der Waals surface area contributed by atoms with Gasteiger partial charge in [-0.2, -0.15) is 9.97 Å². The van der Waals surface area contributed by atoms with Gasteiger partial charge in [-0.15, -0.1) is 0 Å². The first-order chi connectivity index (χ1) is 8.04. The highest BCUT2D eigenvalue weighted by Crippen LogP contribution is 2.26. The van der Waals surface area contributed by atoms with Crippen molar-refractivity contribution in [1.82, 2.24) is 9.97 Å². The van der Waals surface area contributed by atoms with Crippen LogP contribution in [0.2, 0.25) is 0 Å². The van der Waals surface area contributed by atoms with Gasteiger partial charge >= 0.3 is 0 Å². The Labute approximate surface area is 105 Å². The summed E-state index contributed by atoms with van der Waals surface area (Å²) in [5.41, 5.74) is 11.7. The Morgan fingerprint density at radius 1 is 1.18 bits per heavy atom. The standard InChI is InChI=1S/C10H9BrFN5/c11-6-3-5(12)1-2-7(6)15-9-4-8(13)16-10(14)17-9/h1-4H,(H5,13,14,15,16,17). The second-order valence-corrected chi connectivity index (χ2v) is 4.14. The van der Waals surface area contributed by atoms with E-state index in [0.29, 0.717) is 16.0 Å². The number of nitrogens with one attached hydrogen (secondary N) is 1. The Balaban J connectivity index is 2.31. The summed E-state index contributed by atoms with van der Waals surface area (Å²) >= 11 is 3.23. The van der Waals surface area contributed by atoms with E-state index in [2.05, 4.69) is 31.2 Å². The van der Waals surface area contributed by atoms with Crippen molar-refractivity contribution in [3.05, 3.63) is 34.6 Å². The van der Waals surface area contributed by atoms with E-state index >= 15 is 0 Å². The van der Waals surface area contributed by atoms with E-state index in [0.717, 1.165) is 0 Å². The molecule has 0 amide bonds. The highest BCUT2D eigenvalue weighted by Gasteiger charge is 2.04. The van der Waals surface area contributed by atoms with Gasteiger partial charge in [-0.25, -0.2) is 4.39 Å². The van der Waals surface area contributed by atoms with Crippen LogP contribution in [0, 0.1) is 5.82 Å². The summed E-state index contributed by atoms with van der Waals surface area (Å²) in [5, 5.41) is 2.96. The fourth-order valence-electron chi connectivity index (χ4n) is 1.28. The molecular weight excluding hydrogens is 289 g/mol. The SMILES string of the molecule is Nc1cc(Nc2ccc(F)cc2Br)nc(N)n1. The van der Waals surface area contributed by atoms with Crippen LogP contribution >= 0.6 is 15.9 Å². The summed E-state index contributed by atoms with van der Waals surface area (Å²) < 4.78 is 13.5. The highest BCUT2D eigenvalue weighted by atomic mass is 79.9. The fraction of sp³-hybridized carbons (Fsp3) is 0. The molecule has 0 spiro atoms. The lowest BCUT2D eigenvalue weighted by atomic mass is 10.3. The largest absolute Gasteiger partial charge is 0.383 e. The van der Waals surface area contributed by atoms with E-state index in [-0.39, 0.29) is 17.6 Å². The molecule has 0 aliphatic heterocycles. The Morgan fingerprint density at radius 2 is 1.94 bits per heavy atom. The molecule has 88 valence electrons. The molecule has 0 atom stereocenters. The van der Waals surface area contributed by atoms with E-state index in [1.54, 1.807) is 6.07 Å². The van der Waals surface area contributed by atoms with Crippen molar-refractivity contribution in [3.63, 3.8) is 0 Å². The van der Waals surface area contributed by atoms with Gasteiger partial charge in [0.2, 0.25) is 5.95 Å². The first-order valence-electron chi connectivity index (χ1n) is 4.67. The summed E-state index contributed by atoms with van der Waals surface area (Å²) in [6.45, 7) is 0. The minimum absolute atomic E-state index is 0.0748. The van der Waals surface area contributed by atoms with Crippen LogP contribution in [0.15, 0.2) is 28.7 Å². The fourth-order valence-corrected chi connectivity index (χ4v) is 1.73.